The van der Waals surface area contributed by atoms with E-state index in [9.17, 15) is 0 Å². The van der Waals surface area contributed by atoms with Crippen LogP contribution in [0.1, 0.15) is 0 Å². The number of benzene rings is 1. The van der Waals surface area contributed by atoms with Crippen LogP contribution in [0.15, 0.2) is 24.3 Å². The maximum absolute atomic E-state index is 5.33. The van der Waals surface area contributed by atoms with Gasteiger partial charge >= 0.3 is 0 Å². The van der Waals surface area contributed by atoms with Crippen LogP contribution < -0.4 is 9.57 Å². The van der Waals surface area contributed by atoms with E-state index in [1.165, 1.54) is 0 Å². The van der Waals surface area contributed by atoms with Gasteiger partial charge in [0.15, 0.2) is 0 Å². The number of rotatable bonds is 2. The zero-order valence-corrected chi connectivity index (χ0v) is 7.58. The summed E-state index contributed by atoms with van der Waals surface area (Å²) in [4.78, 5) is 2.49. The van der Waals surface area contributed by atoms with Crippen molar-refractivity contribution in [3.8, 4) is 5.75 Å². The van der Waals surface area contributed by atoms with Gasteiger partial charge in [-0.05, 0) is 24.3 Å². The number of halogens is 2. The lowest BCUT2D eigenvalue weighted by Gasteiger charge is -1.99. The molecule has 0 saturated carbocycles. The standard InChI is InChI=1S/C7H8ClNO.ClH/c1-10-7-4-2-6(9-8)3-5-7;/h2-5,9H,1H3;1H. The zero-order chi connectivity index (χ0) is 7.40. The molecule has 0 atom stereocenters. The molecule has 1 rings (SSSR count). The van der Waals surface area contributed by atoms with E-state index in [4.69, 9.17) is 16.5 Å². The van der Waals surface area contributed by atoms with Crippen LogP contribution in [-0.4, -0.2) is 7.11 Å². The Bertz CT molecular complexity index is 177. The monoisotopic (exact) mass is 193 g/mol. The average Bonchev–Trinajstić information content (AvgIpc) is 2.05. The van der Waals surface area contributed by atoms with Gasteiger partial charge in [0.2, 0.25) is 0 Å². The van der Waals surface area contributed by atoms with Crippen molar-refractivity contribution in [1.82, 2.24) is 0 Å². The summed E-state index contributed by atoms with van der Waals surface area (Å²) in [5.74, 6) is 0.829. The van der Waals surface area contributed by atoms with E-state index in [1.807, 2.05) is 24.3 Å². The molecule has 0 unspecified atom stereocenters. The minimum atomic E-state index is 0. The Morgan fingerprint density at radius 3 is 2.18 bits per heavy atom. The zero-order valence-electron chi connectivity index (χ0n) is 6.00. The first-order chi connectivity index (χ1) is 4.86. The third-order valence-electron chi connectivity index (χ3n) is 1.20. The molecule has 0 saturated heterocycles. The summed E-state index contributed by atoms with van der Waals surface area (Å²) >= 11 is 5.33. The third kappa shape index (κ3) is 2.87. The predicted octanol–water partition coefficient (Wildman–Crippen LogP) is 2.68. The molecule has 4 heteroatoms. The molecular weight excluding hydrogens is 185 g/mol. The van der Waals surface area contributed by atoms with Gasteiger partial charge in [-0.2, -0.15) is 0 Å². The number of nitrogens with one attached hydrogen (secondary N) is 1. The minimum absolute atomic E-state index is 0. The molecule has 1 aromatic rings. The van der Waals surface area contributed by atoms with E-state index >= 15 is 0 Å². The minimum Gasteiger partial charge on any atom is -0.497 e. The van der Waals surface area contributed by atoms with Crippen LogP contribution in [0.25, 0.3) is 0 Å². The fourth-order valence-electron chi connectivity index (χ4n) is 0.654. The molecule has 62 valence electrons. The Kier molecular flexibility index (Phi) is 4.83. The van der Waals surface area contributed by atoms with Crippen molar-refractivity contribution >= 4 is 29.9 Å². The quantitative estimate of drug-likeness (QED) is 0.730. The maximum atomic E-state index is 5.33. The second-order valence-electron chi connectivity index (χ2n) is 1.82. The van der Waals surface area contributed by atoms with Gasteiger partial charge < -0.3 is 4.74 Å². The largest absolute Gasteiger partial charge is 0.497 e. The molecule has 0 aromatic heterocycles. The normalized spacial score (nSPS) is 8.18. The van der Waals surface area contributed by atoms with Crippen LogP contribution in [-0.2, 0) is 0 Å². The van der Waals surface area contributed by atoms with E-state index < -0.39 is 0 Å². The number of anilines is 1. The Hall–Kier alpha value is -0.600. The van der Waals surface area contributed by atoms with Gasteiger partial charge in [-0.15, -0.1) is 12.4 Å². The third-order valence-corrected chi connectivity index (χ3v) is 1.42. The fourth-order valence-corrected chi connectivity index (χ4v) is 0.780. The predicted molar refractivity (Wildman–Crippen MR) is 49.7 cm³/mol. The van der Waals surface area contributed by atoms with Crippen molar-refractivity contribution in [2.24, 2.45) is 0 Å². The van der Waals surface area contributed by atoms with Crippen LogP contribution in [0.2, 0.25) is 0 Å². The van der Waals surface area contributed by atoms with Gasteiger partial charge in [0, 0.05) is 17.5 Å². The Morgan fingerprint density at radius 2 is 1.82 bits per heavy atom. The van der Waals surface area contributed by atoms with Gasteiger partial charge in [-0.25, -0.2) is 0 Å². The van der Waals surface area contributed by atoms with Gasteiger partial charge in [-0.3, -0.25) is 4.84 Å². The first-order valence-corrected chi connectivity index (χ1v) is 3.25. The molecule has 0 fully saturated rings. The van der Waals surface area contributed by atoms with E-state index in [-0.39, 0.29) is 12.4 Å². The van der Waals surface area contributed by atoms with Gasteiger partial charge in [0.05, 0.1) is 7.11 Å². The Balaban J connectivity index is 0.000001000. The van der Waals surface area contributed by atoms with Gasteiger partial charge in [0.1, 0.15) is 5.75 Å². The van der Waals surface area contributed by atoms with E-state index in [0.717, 1.165) is 11.4 Å². The summed E-state index contributed by atoms with van der Waals surface area (Å²) in [6.07, 6.45) is 0. The summed E-state index contributed by atoms with van der Waals surface area (Å²) in [6, 6.07) is 7.35. The lowest BCUT2D eigenvalue weighted by molar-refractivity contribution is 0.415. The first kappa shape index (κ1) is 10.4. The summed E-state index contributed by atoms with van der Waals surface area (Å²) in [5, 5.41) is 0. The number of hydrogen-bond donors (Lipinski definition) is 1. The van der Waals surface area contributed by atoms with Crippen molar-refractivity contribution in [2.45, 2.75) is 0 Å². The van der Waals surface area contributed by atoms with Crippen molar-refractivity contribution in [2.75, 3.05) is 11.9 Å². The molecule has 2 nitrogen and oxygen atoms in total. The number of hydrogen-bond acceptors (Lipinski definition) is 2. The van der Waals surface area contributed by atoms with E-state index in [2.05, 4.69) is 4.84 Å². The van der Waals surface area contributed by atoms with Crippen LogP contribution in [0, 0.1) is 0 Å². The number of ether oxygens (including phenoxy) is 1. The molecule has 1 N–H and O–H groups in total. The average molecular weight is 194 g/mol. The topological polar surface area (TPSA) is 21.3 Å². The highest BCUT2D eigenvalue weighted by atomic mass is 35.5. The molecule has 1 aromatic carbocycles. The highest BCUT2D eigenvalue weighted by Gasteiger charge is 1.89. The highest BCUT2D eigenvalue weighted by Crippen LogP contribution is 2.14. The summed E-state index contributed by atoms with van der Waals surface area (Å²) in [5.41, 5.74) is 0.863. The summed E-state index contributed by atoms with van der Waals surface area (Å²) in [6.45, 7) is 0. The molecule has 0 aliphatic rings. The molecule has 0 aliphatic carbocycles. The van der Waals surface area contributed by atoms with Crippen LogP contribution in [0.5, 0.6) is 5.75 Å². The van der Waals surface area contributed by atoms with Crippen LogP contribution >= 0.6 is 24.2 Å². The first-order valence-electron chi connectivity index (χ1n) is 2.87. The number of methoxy groups -OCH3 is 1. The molecule has 0 heterocycles. The van der Waals surface area contributed by atoms with E-state index in [0.29, 0.717) is 0 Å². The van der Waals surface area contributed by atoms with Crippen molar-refractivity contribution in [3.63, 3.8) is 0 Å². The maximum Gasteiger partial charge on any atom is 0.119 e. The molecule has 0 bridgehead atoms. The van der Waals surface area contributed by atoms with Gasteiger partial charge in [-0.1, -0.05) is 0 Å². The second kappa shape index (κ2) is 5.10. The second-order valence-corrected chi connectivity index (χ2v) is 2.01. The Labute approximate surface area is 77.0 Å². The highest BCUT2D eigenvalue weighted by molar-refractivity contribution is 6.23. The SMILES string of the molecule is COc1ccc(NCl)cc1.Cl. The van der Waals surface area contributed by atoms with Gasteiger partial charge in [0.25, 0.3) is 0 Å². The van der Waals surface area contributed by atoms with Crippen LogP contribution in [0.4, 0.5) is 5.69 Å². The molecule has 0 aliphatic heterocycles. The van der Waals surface area contributed by atoms with Crippen LogP contribution in [0.3, 0.4) is 0 Å². The Morgan fingerprint density at radius 1 is 1.27 bits per heavy atom. The van der Waals surface area contributed by atoms with Crippen molar-refractivity contribution in [1.29, 1.82) is 0 Å². The fraction of sp³-hybridized carbons (Fsp3) is 0.143. The molecule has 11 heavy (non-hydrogen) atoms. The lowest BCUT2D eigenvalue weighted by Crippen LogP contribution is -1.82. The molecule has 0 radical (unpaired) electrons. The summed E-state index contributed by atoms with van der Waals surface area (Å²) < 4.78 is 4.94. The van der Waals surface area contributed by atoms with Crippen molar-refractivity contribution < 1.29 is 4.74 Å². The molecule has 0 amide bonds. The summed E-state index contributed by atoms with van der Waals surface area (Å²) in [7, 11) is 1.63. The molecular formula is C7H9Cl2NO. The van der Waals surface area contributed by atoms with E-state index in [1.54, 1.807) is 7.11 Å². The molecule has 0 spiro atoms. The van der Waals surface area contributed by atoms with Crippen molar-refractivity contribution in [3.05, 3.63) is 24.3 Å². The smallest absolute Gasteiger partial charge is 0.119 e. The lowest BCUT2D eigenvalue weighted by atomic mass is 10.3.